The van der Waals surface area contributed by atoms with Crippen LogP contribution in [0.25, 0.3) is 11.3 Å². The molecule has 1 aromatic heterocycles. The number of benzene rings is 1. The van der Waals surface area contributed by atoms with E-state index in [4.69, 9.17) is 15.2 Å². The highest BCUT2D eigenvalue weighted by atomic mass is 16.5. The minimum atomic E-state index is -0.111. The van der Waals surface area contributed by atoms with Gasteiger partial charge in [-0.3, -0.25) is 9.89 Å². The van der Waals surface area contributed by atoms with E-state index >= 15 is 0 Å². The number of morpholine rings is 1. The van der Waals surface area contributed by atoms with Crippen molar-refractivity contribution in [2.75, 3.05) is 33.4 Å². The number of carbonyl (C=O) groups is 1. The minimum Gasteiger partial charge on any atom is -0.497 e. The molecule has 7 nitrogen and oxygen atoms in total. The van der Waals surface area contributed by atoms with Gasteiger partial charge in [0.1, 0.15) is 5.75 Å². The number of nitrogens with two attached hydrogens (primary N) is 1. The fourth-order valence-electron chi connectivity index (χ4n) is 2.66. The Bertz CT molecular complexity index is 685. The average Bonchev–Trinajstić information content (AvgIpc) is 3.11. The lowest BCUT2D eigenvalue weighted by Crippen LogP contribution is -2.48. The zero-order valence-electron chi connectivity index (χ0n) is 13.0. The molecule has 1 fully saturated rings. The number of aromatic nitrogens is 2. The van der Waals surface area contributed by atoms with Gasteiger partial charge in [0.15, 0.2) is 0 Å². The average molecular weight is 316 g/mol. The maximum absolute atomic E-state index is 12.8. The third-order valence-corrected chi connectivity index (χ3v) is 3.92. The lowest BCUT2D eigenvalue weighted by atomic mass is 10.1. The summed E-state index contributed by atoms with van der Waals surface area (Å²) in [5.41, 5.74) is 7.72. The molecule has 7 heteroatoms. The summed E-state index contributed by atoms with van der Waals surface area (Å²) in [7, 11) is 1.61. The molecule has 1 aliphatic rings. The summed E-state index contributed by atoms with van der Waals surface area (Å²) in [5.74, 6) is 0.656. The van der Waals surface area contributed by atoms with Crippen LogP contribution in [0, 0.1) is 0 Å². The predicted octanol–water partition coefficient (Wildman–Crippen LogP) is 0.885. The van der Waals surface area contributed by atoms with Crippen LogP contribution >= 0.6 is 0 Å². The van der Waals surface area contributed by atoms with Crippen LogP contribution in [0.15, 0.2) is 30.5 Å². The summed E-state index contributed by atoms with van der Waals surface area (Å²) in [5, 5.41) is 6.95. The van der Waals surface area contributed by atoms with E-state index in [1.54, 1.807) is 18.2 Å². The Morgan fingerprint density at radius 1 is 1.57 bits per heavy atom. The molecule has 1 unspecified atom stereocenters. The molecule has 23 heavy (non-hydrogen) atoms. The van der Waals surface area contributed by atoms with Gasteiger partial charge in [-0.05, 0) is 12.1 Å². The van der Waals surface area contributed by atoms with Crippen LogP contribution < -0.4 is 10.5 Å². The molecule has 2 aromatic rings. The number of H-pyrrole nitrogens is 1. The largest absolute Gasteiger partial charge is 0.497 e. The molecular weight excluding hydrogens is 296 g/mol. The Balaban J connectivity index is 1.86. The lowest BCUT2D eigenvalue weighted by Gasteiger charge is -2.32. The van der Waals surface area contributed by atoms with E-state index in [9.17, 15) is 4.79 Å². The van der Waals surface area contributed by atoms with Crippen molar-refractivity contribution in [3.8, 4) is 17.0 Å². The molecule has 1 saturated heterocycles. The molecule has 0 aliphatic carbocycles. The van der Waals surface area contributed by atoms with Gasteiger partial charge in [0.2, 0.25) is 0 Å². The van der Waals surface area contributed by atoms with E-state index in [0.29, 0.717) is 37.5 Å². The van der Waals surface area contributed by atoms with E-state index in [1.807, 2.05) is 24.3 Å². The molecule has 3 rings (SSSR count). The summed E-state index contributed by atoms with van der Waals surface area (Å²) < 4.78 is 10.7. The minimum absolute atomic E-state index is 0.0710. The maximum atomic E-state index is 12.8. The van der Waals surface area contributed by atoms with E-state index < -0.39 is 0 Å². The van der Waals surface area contributed by atoms with Gasteiger partial charge in [-0.1, -0.05) is 12.1 Å². The molecule has 1 aromatic carbocycles. The first kappa shape index (κ1) is 15.5. The monoisotopic (exact) mass is 316 g/mol. The van der Waals surface area contributed by atoms with Crippen LogP contribution in [0.3, 0.4) is 0 Å². The Kier molecular flexibility index (Phi) is 4.59. The van der Waals surface area contributed by atoms with E-state index in [1.165, 1.54) is 0 Å². The van der Waals surface area contributed by atoms with Crippen LogP contribution in [-0.2, 0) is 4.74 Å². The van der Waals surface area contributed by atoms with Crippen LogP contribution in [0.4, 0.5) is 0 Å². The Morgan fingerprint density at radius 2 is 2.43 bits per heavy atom. The lowest BCUT2D eigenvalue weighted by molar-refractivity contribution is -0.0167. The molecule has 1 atom stereocenters. The second-order valence-electron chi connectivity index (χ2n) is 5.37. The van der Waals surface area contributed by atoms with Gasteiger partial charge < -0.3 is 20.1 Å². The van der Waals surface area contributed by atoms with E-state index in [-0.39, 0.29) is 12.0 Å². The highest BCUT2D eigenvalue weighted by Gasteiger charge is 2.27. The highest BCUT2D eigenvalue weighted by Crippen LogP contribution is 2.26. The summed E-state index contributed by atoms with van der Waals surface area (Å²) in [6, 6.07) is 7.51. The number of carbonyl (C=O) groups excluding carboxylic acids is 1. The molecule has 0 radical (unpaired) electrons. The smallest absolute Gasteiger partial charge is 0.257 e. The van der Waals surface area contributed by atoms with Crippen molar-refractivity contribution in [3.05, 3.63) is 36.0 Å². The first-order chi connectivity index (χ1) is 11.2. The summed E-state index contributed by atoms with van der Waals surface area (Å²) in [4.78, 5) is 14.6. The van der Waals surface area contributed by atoms with E-state index in [0.717, 1.165) is 11.3 Å². The topological polar surface area (TPSA) is 93.5 Å². The van der Waals surface area contributed by atoms with Crippen molar-refractivity contribution in [1.82, 2.24) is 15.1 Å². The first-order valence-corrected chi connectivity index (χ1v) is 7.51. The van der Waals surface area contributed by atoms with Crippen LogP contribution in [0.5, 0.6) is 5.75 Å². The van der Waals surface area contributed by atoms with Gasteiger partial charge in [0.05, 0.1) is 37.3 Å². The van der Waals surface area contributed by atoms with Crippen LogP contribution in [0.1, 0.15) is 10.4 Å². The van der Waals surface area contributed by atoms with Gasteiger partial charge >= 0.3 is 0 Å². The number of amides is 1. The maximum Gasteiger partial charge on any atom is 0.257 e. The third kappa shape index (κ3) is 3.20. The predicted molar refractivity (Wildman–Crippen MR) is 85.3 cm³/mol. The number of hydrogen-bond acceptors (Lipinski definition) is 5. The molecule has 122 valence electrons. The van der Waals surface area contributed by atoms with E-state index in [2.05, 4.69) is 10.2 Å². The number of hydrogen-bond donors (Lipinski definition) is 2. The fraction of sp³-hybridized carbons (Fsp3) is 0.375. The normalized spacial score (nSPS) is 18.0. The zero-order chi connectivity index (χ0) is 16.2. The van der Waals surface area contributed by atoms with Crippen molar-refractivity contribution in [2.24, 2.45) is 5.73 Å². The van der Waals surface area contributed by atoms with Gasteiger partial charge in [0.25, 0.3) is 5.91 Å². The molecule has 1 amide bonds. The van der Waals surface area contributed by atoms with Gasteiger partial charge in [-0.2, -0.15) is 5.10 Å². The molecule has 0 saturated carbocycles. The molecule has 1 aliphatic heterocycles. The summed E-state index contributed by atoms with van der Waals surface area (Å²) in [6.07, 6.45) is 1.45. The molecule has 0 spiro atoms. The number of rotatable bonds is 4. The number of nitrogens with zero attached hydrogens (tertiary/aromatic N) is 2. The number of ether oxygens (including phenoxy) is 2. The Morgan fingerprint density at radius 3 is 3.22 bits per heavy atom. The summed E-state index contributed by atoms with van der Waals surface area (Å²) in [6.45, 7) is 1.95. The third-order valence-electron chi connectivity index (χ3n) is 3.92. The number of aromatic amines is 1. The van der Waals surface area contributed by atoms with Gasteiger partial charge in [-0.15, -0.1) is 0 Å². The molecule has 0 bridgehead atoms. The van der Waals surface area contributed by atoms with Crippen molar-refractivity contribution in [3.63, 3.8) is 0 Å². The second kappa shape index (κ2) is 6.80. The summed E-state index contributed by atoms with van der Waals surface area (Å²) >= 11 is 0. The second-order valence-corrected chi connectivity index (χ2v) is 5.37. The van der Waals surface area contributed by atoms with Crippen molar-refractivity contribution >= 4 is 5.91 Å². The molecule has 3 N–H and O–H groups in total. The Hall–Kier alpha value is -2.38. The number of methoxy groups -OCH3 is 1. The first-order valence-electron chi connectivity index (χ1n) is 7.51. The molecule has 2 heterocycles. The fourth-order valence-corrected chi connectivity index (χ4v) is 2.66. The van der Waals surface area contributed by atoms with Crippen LogP contribution in [-0.4, -0.2) is 60.5 Å². The number of nitrogens with one attached hydrogen (secondary N) is 1. The van der Waals surface area contributed by atoms with Crippen molar-refractivity contribution < 1.29 is 14.3 Å². The SMILES string of the molecule is COc1cccc(-c2[nH]ncc2C(=O)N2CCOC(CN)C2)c1. The zero-order valence-corrected chi connectivity index (χ0v) is 13.0. The van der Waals surface area contributed by atoms with Crippen molar-refractivity contribution in [2.45, 2.75) is 6.10 Å². The Labute approximate surface area is 134 Å². The highest BCUT2D eigenvalue weighted by molar-refractivity contribution is 5.99. The van der Waals surface area contributed by atoms with Crippen LogP contribution in [0.2, 0.25) is 0 Å². The van der Waals surface area contributed by atoms with Gasteiger partial charge in [0, 0.05) is 25.2 Å². The standard InChI is InChI=1S/C16H20N4O3/c1-22-12-4-2-3-11(7-12)15-14(9-18-19-15)16(21)20-5-6-23-13(8-17)10-20/h2-4,7,9,13H,5-6,8,10,17H2,1H3,(H,18,19). The van der Waals surface area contributed by atoms with Crippen molar-refractivity contribution in [1.29, 1.82) is 0 Å². The molecular formula is C16H20N4O3. The van der Waals surface area contributed by atoms with Gasteiger partial charge in [-0.25, -0.2) is 0 Å². The quantitative estimate of drug-likeness (QED) is 0.873.